The zero-order valence-electron chi connectivity index (χ0n) is 12.4. The average Bonchev–Trinajstić information content (AvgIpc) is 3.29. The lowest BCUT2D eigenvalue weighted by atomic mass is 9.93. The third-order valence-electron chi connectivity index (χ3n) is 4.78. The minimum atomic E-state index is -0.208. The predicted octanol–water partition coefficient (Wildman–Crippen LogP) is 2.17. The van der Waals surface area contributed by atoms with Crippen LogP contribution in [0.2, 0.25) is 0 Å². The van der Waals surface area contributed by atoms with E-state index in [1.165, 1.54) is 5.56 Å². The zero-order chi connectivity index (χ0) is 14.2. The number of amides is 1. The largest absolute Gasteiger partial charge is 0.339 e. The molecule has 0 bridgehead atoms. The van der Waals surface area contributed by atoms with E-state index in [0.29, 0.717) is 17.9 Å². The van der Waals surface area contributed by atoms with Crippen LogP contribution in [-0.2, 0) is 10.2 Å². The molecule has 0 aromatic heterocycles. The number of nitrogens with one attached hydrogen (secondary N) is 1. The molecule has 3 rings (SSSR count). The molecule has 3 nitrogen and oxygen atoms in total. The van der Waals surface area contributed by atoms with Crippen LogP contribution in [-0.4, -0.2) is 36.5 Å². The second-order valence-corrected chi connectivity index (χ2v) is 6.50. The Kier molecular flexibility index (Phi) is 3.55. The van der Waals surface area contributed by atoms with Gasteiger partial charge in [0.05, 0.1) is 5.41 Å². The number of carbonyl (C=O) groups excluding carboxylic acids is 1. The van der Waals surface area contributed by atoms with E-state index in [2.05, 4.69) is 36.2 Å². The monoisotopic (exact) mass is 272 g/mol. The summed E-state index contributed by atoms with van der Waals surface area (Å²) in [5.41, 5.74) is 0.991. The maximum Gasteiger partial charge on any atom is 0.233 e. The summed E-state index contributed by atoms with van der Waals surface area (Å²) in [5, 5.41) is 3.52. The van der Waals surface area contributed by atoms with Crippen LogP contribution in [0.4, 0.5) is 0 Å². The van der Waals surface area contributed by atoms with Crippen molar-refractivity contribution in [1.82, 2.24) is 10.2 Å². The Morgan fingerprint density at radius 1 is 1.30 bits per heavy atom. The molecule has 1 unspecified atom stereocenters. The van der Waals surface area contributed by atoms with Crippen LogP contribution in [0.15, 0.2) is 30.3 Å². The second-order valence-electron chi connectivity index (χ2n) is 6.50. The molecule has 3 heteroatoms. The van der Waals surface area contributed by atoms with Crippen LogP contribution < -0.4 is 5.32 Å². The highest BCUT2D eigenvalue weighted by molar-refractivity contribution is 5.91. The Morgan fingerprint density at radius 3 is 2.60 bits per heavy atom. The molecule has 1 aliphatic heterocycles. The Morgan fingerprint density at radius 2 is 2.00 bits per heavy atom. The minimum absolute atomic E-state index is 0.208. The second kappa shape index (κ2) is 5.21. The lowest BCUT2D eigenvalue weighted by Gasteiger charge is -2.37. The normalized spacial score (nSPS) is 24.8. The molecule has 1 saturated carbocycles. The van der Waals surface area contributed by atoms with Crippen LogP contribution in [0.5, 0.6) is 0 Å². The molecule has 108 valence electrons. The lowest BCUT2D eigenvalue weighted by molar-refractivity contribution is -0.135. The Hall–Kier alpha value is -1.35. The molecule has 0 spiro atoms. The molecule has 1 aliphatic carbocycles. The quantitative estimate of drug-likeness (QED) is 0.914. The molecule has 2 aliphatic rings. The smallest absolute Gasteiger partial charge is 0.233 e. The first kappa shape index (κ1) is 13.6. The lowest BCUT2D eigenvalue weighted by Crippen LogP contribution is -2.56. The van der Waals surface area contributed by atoms with E-state index < -0.39 is 0 Å². The Balaban J connectivity index is 1.76. The number of carbonyl (C=O) groups is 1. The molecule has 1 atom stereocenters. The summed E-state index contributed by atoms with van der Waals surface area (Å²) in [5.74, 6) is 0.910. The summed E-state index contributed by atoms with van der Waals surface area (Å²) in [6, 6.07) is 10.7. The van der Waals surface area contributed by atoms with Gasteiger partial charge in [-0.1, -0.05) is 44.2 Å². The first-order valence-corrected chi connectivity index (χ1v) is 7.72. The molecular formula is C17H24N2O. The van der Waals surface area contributed by atoms with Gasteiger partial charge in [0.25, 0.3) is 0 Å². The maximum atomic E-state index is 12.9. The zero-order valence-corrected chi connectivity index (χ0v) is 12.4. The Labute approximate surface area is 121 Å². The molecule has 1 aromatic carbocycles. The minimum Gasteiger partial charge on any atom is -0.339 e. The molecule has 2 fully saturated rings. The van der Waals surface area contributed by atoms with Crippen LogP contribution >= 0.6 is 0 Å². The standard InChI is InChI=1S/C17H24N2O/c1-13(2)15-12-19(11-10-18-15)16(20)17(8-9-17)14-6-4-3-5-7-14/h3-7,13,15,18H,8-12H2,1-2H3. The topological polar surface area (TPSA) is 32.3 Å². The van der Waals surface area contributed by atoms with E-state index in [9.17, 15) is 4.79 Å². The van der Waals surface area contributed by atoms with E-state index in [1.807, 2.05) is 18.2 Å². The fourth-order valence-corrected chi connectivity index (χ4v) is 3.22. The molecule has 1 amide bonds. The summed E-state index contributed by atoms with van der Waals surface area (Å²) in [6.07, 6.45) is 2.01. The van der Waals surface area contributed by atoms with Gasteiger partial charge in [-0.3, -0.25) is 4.79 Å². The fourth-order valence-electron chi connectivity index (χ4n) is 3.22. The fraction of sp³-hybridized carbons (Fsp3) is 0.588. The van der Waals surface area contributed by atoms with Crippen molar-refractivity contribution in [2.75, 3.05) is 19.6 Å². The van der Waals surface area contributed by atoms with Crippen LogP contribution in [0.25, 0.3) is 0 Å². The third-order valence-corrected chi connectivity index (χ3v) is 4.78. The van der Waals surface area contributed by atoms with Gasteiger partial charge in [0.2, 0.25) is 5.91 Å². The van der Waals surface area contributed by atoms with Gasteiger partial charge in [-0.2, -0.15) is 0 Å². The molecule has 1 saturated heterocycles. The highest BCUT2D eigenvalue weighted by atomic mass is 16.2. The number of hydrogen-bond donors (Lipinski definition) is 1. The molecule has 1 aromatic rings. The van der Waals surface area contributed by atoms with Crippen molar-refractivity contribution in [2.24, 2.45) is 5.92 Å². The van der Waals surface area contributed by atoms with Crippen molar-refractivity contribution in [3.8, 4) is 0 Å². The molecule has 0 radical (unpaired) electrons. The van der Waals surface area contributed by atoms with Crippen molar-refractivity contribution in [3.05, 3.63) is 35.9 Å². The van der Waals surface area contributed by atoms with E-state index in [-0.39, 0.29) is 5.41 Å². The maximum absolute atomic E-state index is 12.9. The van der Waals surface area contributed by atoms with Gasteiger partial charge in [0, 0.05) is 25.7 Å². The Bertz CT molecular complexity index is 479. The van der Waals surface area contributed by atoms with Gasteiger partial charge in [0.15, 0.2) is 0 Å². The summed E-state index contributed by atoms with van der Waals surface area (Å²) in [7, 11) is 0. The van der Waals surface area contributed by atoms with Crippen molar-refractivity contribution < 1.29 is 4.79 Å². The molecular weight excluding hydrogens is 248 g/mol. The van der Waals surface area contributed by atoms with Gasteiger partial charge >= 0.3 is 0 Å². The molecule has 1 N–H and O–H groups in total. The first-order valence-electron chi connectivity index (χ1n) is 7.72. The number of hydrogen-bond acceptors (Lipinski definition) is 2. The van der Waals surface area contributed by atoms with Crippen molar-refractivity contribution in [3.63, 3.8) is 0 Å². The SMILES string of the molecule is CC(C)C1CN(C(=O)C2(c3ccccc3)CC2)CCN1. The number of nitrogens with zero attached hydrogens (tertiary/aromatic N) is 1. The summed E-state index contributed by atoms with van der Waals surface area (Å²) < 4.78 is 0. The van der Waals surface area contributed by atoms with Crippen LogP contribution in [0.3, 0.4) is 0 Å². The number of rotatable bonds is 3. The van der Waals surface area contributed by atoms with Gasteiger partial charge < -0.3 is 10.2 Å². The van der Waals surface area contributed by atoms with Gasteiger partial charge in [-0.25, -0.2) is 0 Å². The highest BCUT2D eigenvalue weighted by Crippen LogP contribution is 2.49. The van der Waals surface area contributed by atoms with Crippen LogP contribution in [0.1, 0.15) is 32.3 Å². The van der Waals surface area contributed by atoms with Crippen LogP contribution in [0, 0.1) is 5.92 Å². The summed E-state index contributed by atoms with van der Waals surface area (Å²) in [6.45, 7) is 7.05. The summed E-state index contributed by atoms with van der Waals surface area (Å²) in [4.78, 5) is 15.0. The van der Waals surface area contributed by atoms with E-state index in [0.717, 1.165) is 32.5 Å². The van der Waals surface area contributed by atoms with E-state index in [4.69, 9.17) is 0 Å². The van der Waals surface area contributed by atoms with Gasteiger partial charge in [-0.15, -0.1) is 0 Å². The van der Waals surface area contributed by atoms with Gasteiger partial charge in [0.1, 0.15) is 0 Å². The third kappa shape index (κ3) is 2.35. The predicted molar refractivity (Wildman–Crippen MR) is 80.6 cm³/mol. The van der Waals surface area contributed by atoms with Crippen molar-refractivity contribution in [1.29, 1.82) is 0 Å². The highest BCUT2D eigenvalue weighted by Gasteiger charge is 2.53. The van der Waals surface area contributed by atoms with E-state index >= 15 is 0 Å². The van der Waals surface area contributed by atoms with Crippen molar-refractivity contribution >= 4 is 5.91 Å². The molecule has 20 heavy (non-hydrogen) atoms. The molecule has 1 heterocycles. The van der Waals surface area contributed by atoms with Gasteiger partial charge in [-0.05, 0) is 24.3 Å². The van der Waals surface area contributed by atoms with Crippen molar-refractivity contribution in [2.45, 2.75) is 38.1 Å². The van der Waals surface area contributed by atoms with E-state index in [1.54, 1.807) is 0 Å². The average molecular weight is 272 g/mol. The number of piperazine rings is 1. The number of benzene rings is 1. The summed E-state index contributed by atoms with van der Waals surface area (Å²) >= 11 is 0. The first-order chi connectivity index (χ1) is 9.63.